The van der Waals surface area contributed by atoms with Gasteiger partial charge in [0.1, 0.15) is 0 Å². The highest BCUT2D eigenvalue weighted by molar-refractivity contribution is 6.30. The highest BCUT2D eigenvalue weighted by Crippen LogP contribution is 2.38. The largest absolute Gasteiger partial charge is 0.478 e. The Kier molecular flexibility index (Phi) is 3.78. The van der Waals surface area contributed by atoms with E-state index in [0.29, 0.717) is 11.6 Å². The molecule has 0 aliphatic carbocycles. The van der Waals surface area contributed by atoms with Gasteiger partial charge in [0.25, 0.3) is 0 Å². The number of fused-ring (bicyclic) bond motifs is 3. The van der Waals surface area contributed by atoms with Gasteiger partial charge in [0.15, 0.2) is 5.82 Å². The van der Waals surface area contributed by atoms with Gasteiger partial charge in [0.05, 0.1) is 17.8 Å². The minimum Gasteiger partial charge on any atom is -0.478 e. The number of carbonyl (C=O) groups is 1. The van der Waals surface area contributed by atoms with Gasteiger partial charge in [-0.1, -0.05) is 23.7 Å². The van der Waals surface area contributed by atoms with E-state index in [0.717, 1.165) is 28.2 Å². The summed E-state index contributed by atoms with van der Waals surface area (Å²) in [5.41, 5.74) is 7.29. The van der Waals surface area contributed by atoms with E-state index in [4.69, 9.17) is 11.6 Å². The lowest BCUT2D eigenvalue weighted by Crippen LogP contribution is -2.33. The van der Waals surface area contributed by atoms with Crippen molar-refractivity contribution in [3.8, 4) is 11.1 Å². The molecule has 124 valence electrons. The summed E-state index contributed by atoms with van der Waals surface area (Å²) < 4.78 is 0. The van der Waals surface area contributed by atoms with Gasteiger partial charge in [-0.25, -0.2) is 9.78 Å². The molecule has 0 fully saturated rings. The Balaban J connectivity index is 1.77. The Bertz CT molecular complexity index is 974. The van der Waals surface area contributed by atoms with Crippen LogP contribution in [0.3, 0.4) is 0 Å². The topological polar surface area (TPSA) is 65.5 Å². The Labute approximate surface area is 149 Å². The normalized spacial score (nSPS) is 12.3. The van der Waals surface area contributed by atoms with Gasteiger partial charge in [-0.3, -0.25) is 10.4 Å². The highest BCUT2D eigenvalue weighted by atomic mass is 35.5. The lowest BCUT2D eigenvalue weighted by Gasteiger charge is -2.32. The monoisotopic (exact) mass is 351 g/mol. The number of aromatic nitrogens is 1. The molecule has 4 rings (SSSR count). The summed E-state index contributed by atoms with van der Waals surface area (Å²) in [4.78, 5) is 15.8. The van der Waals surface area contributed by atoms with Crippen molar-refractivity contribution in [1.82, 2.24) is 4.98 Å². The fraction of sp³-hybridized carbons (Fsp3) is 0.0526. The summed E-state index contributed by atoms with van der Waals surface area (Å²) in [6.45, 7) is 0.493. The molecule has 0 amide bonds. The summed E-state index contributed by atoms with van der Waals surface area (Å²) in [7, 11) is 0. The average Bonchev–Trinajstić information content (AvgIpc) is 2.61. The fourth-order valence-corrected chi connectivity index (χ4v) is 3.18. The summed E-state index contributed by atoms with van der Waals surface area (Å²) in [6, 6.07) is 16.4. The number of carboxylic acid groups (broad SMARTS) is 1. The molecule has 1 aromatic heterocycles. The molecule has 5 nitrogen and oxygen atoms in total. The number of halogens is 1. The third-order valence-corrected chi connectivity index (χ3v) is 4.34. The first kappa shape index (κ1) is 15.5. The molecule has 0 spiro atoms. The van der Waals surface area contributed by atoms with Crippen LogP contribution in [0.15, 0.2) is 60.8 Å². The molecule has 0 bridgehead atoms. The van der Waals surface area contributed by atoms with E-state index >= 15 is 0 Å². The zero-order valence-electron chi connectivity index (χ0n) is 13.1. The van der Waals surface area contributed by atoms with Crippen molar-refractivity contribution >= 4 is 29.1 Å². The van der Waals surface area contributed by atoms with Crippen molar-refractivity contribution < 1.29 is 9.90 Å². The smallest absolute Gasteiger partial charge is 0.335 e. The first-order valence-electron chi connectivity index (χ1n) is 7.73. The number of hydrogen-bond donors (Lipinski definition) is 2. The van der Waals surface area contributed by atoms with E-state index in [-0.39, 0.29) is 5.56 Å². The van der Waals surface area contributed by atoms with Crippen LogP contribution < -0.4 is 10.4 Å². The van der Waals surface area contributed by atoms with E-state index in [9.17, 15) is 9.90 Å². The second-order valence-corrected chi connectivity index (χ2v) is 6.20. The standard InChI is InChI=1S/C19H14ClN3O2/c20-14-3-1-4-15(10-14)22-23-11-13-9-12(19(24)25)6-7-16(13)17-5-2-8-21-18(17)23/h1-10,22H,11H2,(H,24,25). The lowest BCUT2D eigenvalue weighted by atomic mass is 9.94. The third-order valence-electron chi connectivity index (χ3n) is 4.10. The van der Waals surface area contributed by atoms with Crippen LogP contribution in [0.1, 0.15) is 15.9 Å². The molecule has 1 aliphatic heterocycles. The van der Waals surface area contributed by atoms with Gasteiger partial charge in [-0.2, -0.15) is 0 Å². The molecule has 0 saturated heterocycles. The fourth-order valence-electron chi connectivity index (χ4n) is 2.99. The predicted octanol–water partition coefficient (Wildman–Crippen LogP) is 4.45. The van der Waals surface area contributed by atoms with Crippen LogP contribution in [0.4, 0.5) is 11.5 Å². The molecule has 3 aromatic rings. The molecule has 1 aliphatic rings. The van der Waals surface area contributed by atoms with Crippen LogP contribution in [0.5, 0.6) is 0 Å². The minimum absolute atomic E-state index is 0.272. The SMILES string of the molecule is O=C(O)c1ccc2c(c1)CN(Nc1cccc(Cl)c1)c1ncccc1-2. The maximum atomic E-state index is 11.3. The van der Waals surface area contributed by atoms with Crippen LogP contribution in [-0.4, -0.2) is 16.1 Å². The van der Waals surface area contributed by atoms with Gasteiger partial charge in [-0.05, 0) is 53.6 Å². The number of nitrogens with zero attached hydrogens (tertiary/aromatic N) is 2. The predicted molar refractivity (Wildman–Crippen MR) is 97.9 cm³/mol. The number of rotatable bonds is 3. The first-order valence-corrected chi connectivity index (χ1v) is 8.11. The van der Waals surface area contributed by atoms with Crippen molar-refractivity contribution in [2.24, 2.45) is 0 Å². The molecule has 2 heterocycles. The Morgan fingerprint density at radius 1 is 1.12 bits per heavy atom. The molecule has 0 saturated carbocycles. The highest BCUT2D eigenvalue weighted by Gasteiger charge is 2.24. The number of hydrogen-bond acceptors (Lipinski definition) is 4. The van der Waals surface area contributed by atoms with Crippen LogP contribution >= 0.6 is 11.6 Å². The average molecular weight is 352 g/mol. The molecule has 2 aromatic carbocycles. The zero-order valence-corrected chi connectivity index (χ0v) is 13.9. The molecule has 0 radical (unpaired) electrons. The first-order chi connectivity index (χ1) is 12.1. The number of anilines is 2. The second kappa shape index (κ2) is 6.11. The third kappa shape index (κ3) is 2.90. The number of benzene rings is 2. The maximum absolute atomic E-state index is 11.3. The van der Waals surface area contributed by atoms with Crippen LogP contribution in [0.2, 0.25) is 5.02 Å². The Morgan fingerprint density at radius 2 is 2.00 bits per heavy atom. The Hall–Kier alpha value is -3.05. The van der Waals surface area contributed by atoms with Crippen molar-refractivity contribution in [2.75, 3.05) is 10.4 Å². The van der Waals surface area contributed by atoms with Gasteiger partial charge < -0.3 is 5.11 Å². The summed E-state index contributed by atoms with van der Waals surface area (Å²) in [6.07, 6.45) is 1.74. The summed E-state index contributed by atoms with van der Waals surface area (Å²) in [5.74, 6) is -0.146. The number of carboxylic acids is 1. The van der Waals surface area contributed by atoms with Crippen molar-refractivity contribution in [2.45, 2.75) is 6.54 Å². The quantitative estimate of drug-likeness (QED) is 0.730. The van der Waals surface area contributed by atoms with Gasteiger partial charge in [0, 0.05) is 16.8 Å². The van der Waals surface area contributed by atoms with Crippen LogP contribution in [-0.2, 0) is 6.54 Å². The number of nitrogens with one attached hydrogen (secondary N) is 1. The second-order valence-electron chi connectivity index (χ2n) is 5.76. The van der Waals surface area contributed by atoms with Gasteiger partial charge in [-0.15, -0.1) is 0 Å². The number of hydrazine groups is 1. The number of pyridine rings is 1. The van der Waals surface area contributed by atoms with E-state index in [2.05, 4.69) is 10.4 Å². The molecule has 0 unspecified atom stereocenters. The Morgan fingerprint density at radius 3 is 2.80 bits per heavy atom. The minimum atomic E-state index is -0.936. The van der Waals surface area contributed by atoms with E-state index < -0.39 is 5.97 Å². The van der Waals surface area contributed by atoms with E-state index in [1.54, 1.807) is 18.3 Å². The molecule has 6 heteroatoms. The van der Waals surface area contributed by atoms with Crippen molar-refractivity contribution in [1.29, 1.82) is 0 Å². The van der Waals surface area contributed by atoms with Crippen LogP contribution in [0.25, 0.3) is 11.1 Å². The van der Waals surface area contributed by atoms with E-state index in [1.165, 1.54) is 0 Å². The lowest BCUT2D eigenvalue weighted by molar-refractivity contribution is 0.0697. The molecular weight excluding hydrogens is 338 g/mol. The molecular formula is C19H14ClN3O2. The molecule has 2 N–H and O–H groups in total. The number of aromatic carboxylic acids is 1. The van der Waals surface area contributed by atoms with Crippen LogP contribution in [0, 0.1) is 0 Å². The summed E-state index contributed by atoms with van der Waals surface area (Å²) in [5, 5.41) is 11.8. The maximum Gasteiger partial charge on any atom is 0.335 e. The van der Waals surface area contributed by atoms with E-state index in [1.807, 2.05) is 47.5 Å². The molecule has 0 atom stereocenters. The summed E-state index contributed by atoms with van der Waals surface area (Å²) >= 11 is 6.06. The van der Waals surface area contributed by atoms with Gasteiger partial charge >= 0.3 is 5.97 Å². The van der Waals surface area contributed by atoms with Gasteiger partial charge in [0.2, 0.25) is 0 Å². The van der Waals surface area contributed by atoms with Crippen molar-refractivity contribution in [3.63, 3.8) is 0 Å². The zero-order chi connectivity index (χ0) is 17.4. The molecule has 25 heavy (non-hydrogen) atoms. The van der Waals surface area contributed by atoms with Crippen molar-refractivity contribution in [3.05, 3.63) is 76.9 Å².